The van der Waals surface area contributed by atoms with E-state index in [9.17, 15) is 9.90 Å². The highest BCUT2D eigenvalue weighted by Gasteiger charge is 2.16. The Balaban J connectivity index is 1.57. The molecule has 4 rings (SSSR count). The fourth-order valence-corrected chi connectivity index (χ4v) is 4.47. The Hall–Kier alpha value is -3.16. The van der Waals surface area contributed by atoms with E-state index in [1.165, 1.54) is 22.2 Å². The van der Waals surface area contributed by atoms with Crippen LogP contribution in [0, 0.1) is 13.8 Å². The molecule has 0 bridgehead atoms. The summed E-state index contributed by atoms with van der Waals surface area (Å²) in [6.07, 6.45) is 0.639. The molecule has 4 aromatic rings. The number of hydrogen-bond donors (Lipinski definition) is 1. The van der Waals surface area contributed by atoms with Crippen molar-refractivity contribution >= 4 is 21.6 Å². The van der Waals surface area contributed by atoms with Crippen molar-refractivity contribution in [1.29, 1.82) is 0 Å². The zero-order chi connectivity index (χ0) is 22.0. The van der Waals surface area contributed by atoms with Gasteiger partial charge in [0.15, 0.2) is 0 Å². The summed E-state index contributed by atoms with van der Waals surface area (Å²) in [5, 5.41) is 13.0. The van der Waals surface area contributed by atoms with Crippen molar-refractivity contribution in [2.75, 3.05) is 13.7 Å². The second kappa shape index (κ2) is 8.91. The second-order valence-electron chi connectivity index (χ2n) is 7.45. The van der Waals surface area contributed by atoms with Gasteiger partial charge in [0.25, 0.3) is 5.56 Å². The summed E-state index contributed by atoms with van der Waals surface area (Å²) in [7, 11) is 1.62. The Bertz CT molecular complexity index is 1240. The maximum absolute atomic E-state index is 13.2. The van der Waals surface area contributed by atoms with E-state index in [-0.39, 0.29) is 18.7 Å². The molecule has 1 atom stereocenters. The maximum Gasteiger partial charge on any atom is 0.262 e. The molecule has 2 aromatic heterocycles. The van der Waals surface area contributed by atoms with Crippen LogP contribution in [-0.2, 0) is 6.54 Å². The molecule has 0 saturated carbocycles. The number of nitrogens with zero attached hydrogens (tertiary/aromatic N) is 2. The lowest BCUT2D eigenvalue weighted by atomic mass is 10.1. The number of aryl methyl sites for hydroxylation is 2. The minimum absolute atomic E-state index is 0.0884. The van der Waals surface area contributed by atoms with E-state index in [1.807, 2.05) is 61.7 Å². The number of para-hydroxylation sites is 1. The quantitative estimate of drug-likeness (QED) is 0.470. The zero-order valence-corrected chi connectivity index (χ0v) is 18.5. The van der Waals surface area contributed by atoms with Gasteiger partial charge in [-0.15, -0.1) is 11.3 Å². The highest BCUT2D eigenvalue weighted by atomic mass is 32.1. The molecule has 0 fully saturated rings. The minimum Gasteiger partial charge on any atom is -0.497 e. The fourth-order valence-electron chi connectivity index (χ4n) is 3.57. The summed E-state index contributed by atoms with van der Waals surface area (Å²) in [5.41, 5.74) is 3.59. The normalized spacial score (nSPS) is 12.1. The molecule has 31 heavy (non-hydrogen) atoms. The lowest BCUT2D eigenvalue weighted by molar-refractivity contribution is 0.0908. The third kappa shape index (κ3) is 4.33. The van der Waals surface area contributed by atoms with E-state index in [0.717, 1.165) is 33.8 Å². The van der Waals surface area contributed by atoms with Crippen molar-refractivity contribution in [2.45, 2.75) is 26.5 Å². The van der Waals surface area contributed by atoms with Crippen LogP contribution in [0.2, 0.25) is 0 Å². The molecule has 6 nitrogen and oxygen atoms in total. The molecule has 2 aromatic carbocycles. The first kappa shape index (κ1) is 21.1. The van der Waals surface area contributed by atoms with E-state index in [0.29, 0.717) is 10.2 Å². The van der Waals surface area contributed by atoms with E-state index < -0.39 is 6.10 Å². The maximum atomic E-state index is 13.2. The van der Waals surface area contributed by atoms with E-state index in [1.54, 1.807) is 7.11 Å². The van der Waals surface area contributed by atoms with Crippen LogP contribution in [0.1, 0.15) is 11.1 Å². The van der Waals surface area contributed by atoms with Gasteiger partial charge in [0, 0.05) is 10.9 Å². The Labute approximate surface area is 184 Å². The van der Waals surface area contributed by atoms with Crippen LogP contribution >= 0.6 is 11.3 Å². The molecule has 0 aliphatic rings. The molecule has 0 amide bonds. The Morgan fingerprint density at radius 2 is 1.84 bits per heavy atom. The third-order valence-corrected chi connectivity index (χ3v) is 6.08. The predicted molar refractivity (Wildman–Crippen MR) is 123 cm³/mol. The molecular weight excluding hydrogens is 412 g/mol. The van der Waals surface area contributed by atoms with Gasteiger partial charge in [0.1, 0.15) is 29.0 Å². The lowest BCUT2D eigenvalue weighted by Gasteiger charge is -2.16. The number of fused-ring (bicyclic) bond motifs is 1. The van der Waals surface area contributed by atoms with E-state index in [4.69, 9.17) is 9.47 Å². The van der Waals surface area contributed by atoms with Gasteiger partial charge >= 0.3 is 0 Å². The molecule has 0 aliphatic heterocycles. The average molecular weight is 437 g/mol. The Morgan fingerprint density at radius 1 is 1.13 bits per heavy atom. The highest BCUT2D eigenvalue weighted by Crippen LogP contribution is 2.31. The SMILES string of the molecule is COc1ccc(-c2csc3ncn(C[C@@H](O)COc4c(C)cccc4C)c(=O)c23)cc1. The van der Waals surface area contributed by atoms with Crippen LogP contribution in [0.15, 0.2) is 59.0 Å². The lowest BCUT2D eigenvalue weighted by Crippen LogP contribution is -2.30. The summed E-state index contributed by atoms with van der Waals surface area (Å²) >= 11 is 1.43. The van der Waals surface area contributed by atoms with Crippen LogP contribution in [0.4, 0.5) is 0 Å². The summed E-state index contributed by atoms with van der Waals surface area (Å²) in [6.45, 7) is 4.12. The summed E-state index contributed by atoms with van der Waals surface area (Å²) in [4.78, 5) is 18.3. The van der Waals surface area contributed by atoms with Gasteiger partial charge in [0.05, 0.1) is 25.4 Å². The number of methoxy groups -OCH3 is 1. The van der Waals surface area contributed by atoms with Crippen molar-refractivity contribution in [2.24, 2.45) is 0 Å². The van der Waals surface area contributed by atoms with Crippen molar-refractivity contribution in [3.63, 3.8) is 0 Å². The topological polar surface area (TPSA) is 73.6 Å². The highest BCUT2D eigenvalue weighted by molar-refractivity contribution is 7.17. The third-order valence-electron chi connectivity index (χ3n) is 5.20. The number of rotatable bonds is 7. The number of aromatic nitrogens is 2. The number of aliphatic hydroxyl groups is 1. The molecule has 0 unspecified atom stereocenters. The van der Waals surface area contributed by atoms with Crippen LogP contribution in [0.25, 0.3) is 21.3 Å². The monoisotopic (exact) mass is 436 g/mol. The molecule has 0 radical (unpaired) electrons. The zero-order valence-electron chi connectivity index (χ0n) is 17.7. The predicted octanol–water partition coefficient (Wildman–Crippen LogP) is 4.19. The van der Waals surface area contributed by atoms with Crippen molar-refractivity contribution < 1.29 is 14.6 Å². The fraction of sp³-hybridized carbons (Fsp3) is 0.250. The molecule has 0 aliphatic carbocycles. The van der Waals surface area contributed by atoms with Crippen molar-refractivity contribution in [1.82, 2.24) is 9.55 Å². The van der Waals surface area contributed by atoms with E-state index >= 15 is 0 Å². The van der Waals surface area contributed by atoms with Gasteiger partial charge in [-0.25, -0.2) is 4.98 Å². The molecule has 0 spiro atoms. The molecule has 1 N–H and O–H groups in total. The molecule has 0 saturated heterocycles. The van der Waals surface area contributed by atoms with Gasteiger partial charge in [-0.1, -0.05) is 30.3 Å². The van der Waals surface area contributed by atoms with Gasteiger partial charge < -0.3 is 14.6 Å². The standard InChI is InChI=1S/C24H24N2O4S/c1-15-5-4-6-16(2)22(15)30-12-18(27)11-26-14-25-23-21(24(26)28)20(13-31-23)17-7-9-19(29-3)10-8-17/h4-10,13-14,18,27H,11-12H2,1-3H3/t18-/m1/s1. The average Bonchev–Trinajstić information content (AvgIpc) is 3.20. The largest absolute Gasteiger partial charge is 0.497 e. The number of ether oxygens (including phenoxy) is 2. The number of thiophene rings is 1. The number of benzene rings is 2. The van der Waals surface area contributed by atoms with Crippen LogP contribution in [-0.4, -0.2) is 34.5 Å². The van der Waals surface area contributed by atoms with Crippen molar-refractivity contribution in [3.8, 4) is 22.6 Å². The number of hydrogen-bond acceptors (Lipinski definition) is 6. The van der Waals surface area contributed by atoms with Gasteiger partial charge in [-0.05, 0) is 42.7 Å². The van der Waals surface area contributed by atoms with Gasteiger partial charge in [-0.3, -0.25) is 9.36 Å². The van der Waals surface area contributed by atoms with Gasteiger partial charge in [-0.2, -0.15) is 0 Å². The molecule has 2 heterocycles. The van der Waals surface area contributed by atoms with Crippen LogP contribution in [0.3, 0.4) is 0 Å². The summed E-state index contributed by atoms with van der Waals surface area (Å²) in [6, 6.07) is 13.5. The first-order valence-electron chi connectivity index (χ1n) is 9.96. The van der Waals surface area contributed by atoms with E-state index in [2.05, 4.69) is 4.98 Å². The first-order chi connectivity index (χ1) is 15.0. The molecule has 7 heteroatoms. The van der Waals surface area contributed by atoms with Crippen LogP contribution < -0.4 is 15.0 Å². The Morgan fingerprint density at radius 3 is 2.52 bits per heavy atom. The second-order valence-corrected chi connectivity index (χ2v) is 8.30. The first-order valence-corrected chi connectivity index (χ1v) is 10.8. The minimum atomic E-state index is -0.848. The molecule has 160 valence electrons. The van der Waals surface area contributed by atoms with Gasteiger partial charge in [0.2, 0.25) is 0 Å². The molecular formula is C24H24N2O4S. The Kier molecular flexibility index (Phi) is 6.06. The van der Waals surface area contributed by atoms with Crippen molar-refractivity contribution in [3.05, 3.63) is 75.7 Å². The smallest absolute Gasteiger partial charge is 0.262 e. The summed E-state index contributed by atoms with van der Waals surface area (Å²) < 4.78 is 12.5. The number of aliphatic hydroxyl groups excluding tert-OH is 1. The summed E-state index contributed by atoms with van der Waals surface area (Å²) in [5.74, 6) is 1.52. The van der Waals surface area contributed by atoms with Crippen LogP contribution in [0.5, 0.6) is 11.5 Å².